The molecule has 0 bridgehead atoms. The average Bonchev–Trinajstić information content (AvgIpc) is 2.42. The van der Waals surface area contributed by atoms with E-state index in [0.29, 0.717) is 19.2 Å². The molecule has 0 aliphatic carbocycles. The summed E-state index contributed by atoms with van der Waals surface area (Å²) in [4.78, 5) is 24.2. The van der Waals surface area contributed by atoms with Gasteiger partial charge in [-0.2, -0.15) is 0 Å². The molecule has 112 valence electrons. The number of amides is 2. The fourth-order valence-corrected chi connectivity index (χ4v) is 1.96. The molecule has 2 N–H and O–H groups in total. The number of hydrogen-bond acceptors (Lipinski definition) is 2. The van der Waals surface area contributed by atoms with Gasteiger partial charge in [0.2, 0.25) is 0 Å². The average molecular weight is 296 g/mol. The maximum atomic E-state index is 13.6. The minimum Gasteiger partial charge on any atom is -0.478 e. The summed E-state index contributed by atoms with van der Waals surface area (Å²) in [5.74, 6) is -3.73. The summed E-state index contributed by atoms with van der Waals surface area (Å²) in [6.45, 7) is 2.84. The van der Waals surface area contributed by atoms with E-state index in [0.717, 1.165) is 12.5 Å². The minimum atomic E-state index is -1.53. The normalized spacial score (nSPS) is 14.6. The number of rotatable bonds is 2. The number of carboxylic acid groups (broad SMARTS) is 1. The highest BCUT2D eigenvalue weighted by molar-refractivity contribution is 5.93. The lowest BCUT2D eigenvalue weighted by Gasteiger charge is -2.25. The highest BCUT2D eigenvalue weighted by atomic mass is 19.1. The number of nitrogens with zero attached hydrogens (tertiary/aromatic N) is 1. The van der Waals surface area contributed by atoms with Crippen LogP contribution in [-0.2, 0) is 0 Å². The molecule has 2 rings (SSSR count). The molecule has 7 heteroatoms. The zero-order chi connectivity index (χ0) is 15.6. The van der Waals surface area contributed by atoms with Crippen molar-refractivity contribution in [2.24, 2.45) is 0 Å². The van der Waals surface area contributed by atoms with E-state index < -0.39 is 29.2 Å². The topological polar surface area (TPSA) is 69.6 Å². The number of carboxylic acids is 1. The van der Waals surface area contributed by atoms with Gasteiger partial charge in [0, 0.05) is 19.2 Å². The van der Waals surface area contributed by atoms with Gasteiger partial charge in [0.15, 0.2) is 0 Å². The maximum absolute atomic E-state index is 13.6. The monoisotopic (exact) mass is 296 g/mol. The molecule has 21 heavy (non-hydrogen) atoms. The van der Waals surface area contributed by atoms with E-state index in [1.165, 1.54) is 10.5 Å². The number of anilines is 1. The summed E-state index contributed by atoms with van der Waals surface area (Å²) < 4.78 is 26.9. The number of nitrogens with one attached hydrogen (secondary N) is 1. The van der Waals surface area contributed by atoms with E-state index in [-0.39, 0.29) is 5.69 Å². The lowest BCUT2D eigenvalue weighted by atomic mass is 10.1. The second-order valence-electron chi connectivity index (χ2n) is 4.79. The second-order valence-corrected chi connectivity index (χ2v) is 4.79. The molecule has 2 amide bonds. The fraction of sp³-hybridized carbons (Fsp3) is 0.286. The molecule has 0 saturated heterocycles. The van der Waals surface area contributed by atoms with E-state index in [1.807, 2.05) is 13.0 Å². The Morgan fingerprint density at radius 2 is 2.00 bits per heavy atom. The largest absolute Gasteiger partial charge is 0.478 e. The predicted octanol–water partition coefficient (Wildman–Crippen LogP) is 2.85. The summed E-state index contributed by atoms with van der Waals surface area (Å²) in [6, 6.07) is 0.663. The van der Waals surface area contributed by atoms with E-state index in [4.69, 9.17) is 5.11 Å². The number of carbonyl (C=O) groups excluding carboxylic acids is 1. The van der Waals surface area contributed by atoms with Crippen LogP contribution in [0.1, 0.15) is 23.7 Å². The van der Waals surface area contributed by atoms with Crippen LogP contribution in [0, 0.1) is 11.6 Å². The smallest absolute Gasteiger partial charge is 0.338 e. The van der Waals surface area contributed by atoms with Gasteiger partial charge in [-0.25, -0.2) is 18.4 Å². The number of urea groups is 1. The number of halogens is 2. The van der Waals surface area contributed by atoms with E-state index >= 15 is 0 Å². The van der Waals surface area contributed by atoms with Crippen molar-refractivity contribution in [1.82, 2.24) is 4.90 Å². The maximum Gasteiger partial charge on any atom is 0.338 e. The second kappa shape index (κ2) is 5.90. The zero-order valence-corrected chi connectivity index (χ0v) is 11.3. The number of carbonyl (C=O) groups is 2. The molecule has 1 aromatic carbocycles. The van der Waals surface area contributed by atoms with Crippen molar-refractivity contribution in [1.29, 1.82) is 0 Å². The van der Waals surface area contributed by atoms with E-state index in [2.05, 4.69) is 5.32 Å². The molecule has 0 aromatic heterocycles. The number of hydrogen-bond donors (Lipinski definition) is 2. The molecular weight excluding hydrogens is 282 g/mol. The molecule has 1 aliphatic heterocycles. The Bertz CT molecular complexity index is 629. The Morgan fingerprint density at radius 1 is 1.29 bits per heavy atom. The van der Waals surface area contributed by atoms with Crippen LogP contribution in [0.5, 0.6) is 0 Å². The Labute approximate surface area is 119 Å². The van der Waals surface area contributed by atoms with Gasteiger partial charge in [-0.3, -0.25) is 0 Å². The first-order valence-electron chi connectivity index (χ1n) is 6.32. The quantitative estimate of drug-likeness (QED) is 0.824. The van der Waals surface area contributed by atoms with E-state index in [1.54, 1.807) is 0 Å². The van der Waals surface area contributed by atoms with Crippen LogP contribution in [-0.4, -0.2) is 35.1 Å². The third kappa shape index (κ3) is 3.36. The van der Waals surface area contributed by atoms with Gasteiger partial charge in [0.05, 0.1) is 11.3 Å². The molecule has 1 aliphatic rings. The standard InChI is InChI=1S/C14H14F2N2O3/c1-8-2-4-18(5-3-8)14(21)17-12-6-9(13(19)20)10(15)7-11(12)16/h2,6-7H,3-5H2,1H3,(H,17,21)(H,19,20). The molecule has 0 radical (unpaired) electrons. The first-order valence-corrected chi connectivity index (χ1v) is 6.32. The van der Waals surface area contributed by atoms with Crippen molar-refractivity contribution in [2.75, 3.05) is 18.4 Å². The van der Waals surface area contributed by atoms with Crippen LogP contribution in [0.3, 0.4) is 0 Å². The molecule has 0 unspecified atom stereocenters. The van der Waals surface area contributed by atoms with Gasteiger partial charge in [0.25, 0.3) is 0 Å². The first kappa shape index (κ1) is 15.0. The molecule has 1 aromatic rings. The Kier molecular flexibility index (Phi) is 4.21. The molecule has 1 heterocycles. The van der Waals surface area contributed by atoms with Gasteiger partial charge in [-0.1, -0.05) is 11.6 Å². The molecule has 0 spiro atoms. The molecule has 0 fully saturated rings. The third-order valence-electron chi connectivity index (χ3n) is 3.25. The third-order valence-corrected chi connectivity index (χ3v) is 3.25. The molecule has 5 nitrogen and oxygen atoms in total. The van der Waals surface area contributed by atoms with Gasteiger partial charge in [0.1, 0.15) is 11.6 Å². The zero-order valence-electron chi connectivity index (χ0n) is 11.3. The molecule has 0 atom stereocenters. The van der Waals surface area contributed by atoms with Crippen molar-refractivity contribution >= 4 is 17.7 Å². The van der Waals surface area contributed by atoms with Crippen molar-refractivity contribution in [3.63, 3.8) is 0 Å². The lowest BCUT2D eigenvalue weighted by molar-refractivity contribution is 0.0691. The Balaban J connectivity index is 2.17. The van der Waals surface area contributed by atoms with Crippen LogP contribution in [0.25, 0.3) is 0 Å². The predicted molar refractivity (Wildman–Crippen MR) is 72.3 cm³/mol. The van der Waals surface area contributed by atoms with Gasteiger partial charge < -0.3 is 15.3 Å². The van der Waals surface area contributed by atoms with Crippen molar-refractivity contribution in [3.05, 3.63) is 41.0 Å². The summed E-state index contributed by atoms with van der Waals surface area (Å²) in [5.41, 5.74) is 0.117. The minimum absolute atomic E-state index is 0.356. The summed E-state index contributed by atoms with van der Waals surface area (Å²) in [7, 11) is 0. The molecular formula is C14H14F2N2O3. The summed E-state index contributed by atoms with van der Waals surface area (Å²) in [6.07, 6.45) is 2.60. The van der Waals surface area contributed by atoms with Crippen molar-refractivity contribution in [2.45, 2.75) is 13.3 Å². The van der Waals surface area contributed by atoms with Crippen LogP contribution in [0.2, 0.25) is 0 Å². The lowest BCUT2D eigenvalue weighted by Crippen LogP contribution is -2.38. The fourth-order valence-electron chi connectivity index (χ4n) is 1.96. The molecule has 0 saturated carbocycles. The van der Waals surface area contributed by atoms with Gasteiger partial charge in [-0.05, 0) is 19.4 Å². The van der Waals surface area contributed by atoms with Crippen LogP contribution in [0.15, 0.2) is 23.8 Å². The van der Waals surface area contributed by atoms with Crippen molar-refractivity contribution in [3.8, 4) is 0 Å². The van der Waals surface area contributed by atoms with Gasteiger partial charge >= 0.3 is 12.0 Å². The number of aromatic carboxylic acids is 1. The highest BCUT2D eigenvalue weighted by Gasteiger charge is 2.20. The van der Waals surface area contributed by atoms with E-state index in [9.17, 15) is 18.4 Å². The van der Waals surface area contributed by atoms with Crippen molar-refractivity contribution < 1.29 is 23.5 Å². The highest BCUT2D eigenvalue weighted by Crippen LogP contribution is 2.20. The first-order chi connectivity index (χ1) is 9.88. The SMILES string of the molecule is CC1=CCN(C(=O)Nc2cc(C(=O)O)c(F)cc2F)CC1. The van der Waals surface area contributed by atoms with Crippen LogP contribution < -0.4 is 5.32 Å². The van der Waals surface area contributed by atoms with Crippen LogP contribution >= 0.6 is 0 Å². The summed E-state index contributed by atoms with van der Waals surface area (Å²) >= 11 is 0. The van der Waals surface area contributed by atoms with Gasteiger partial charge in [-0.15, -0.1) is 0 Å². The summed E-state index contributed by atoms with van der Waals surface area (Å²) in [5, 5.41) is 11.1. The Morgan fingerprint density at radius 3 is 2.57 bits per heavy atom. The Hall–Kier alpha value is -2.44. The number of benzene rings is 1. The van der Waals surface area contributed by atoms with Crippen LogP contribution in [0.4, 0.5) is 19.3 Å².